The standard InChI is InChI=1S/C14H13BrN4O/c1-9-17-11(8-16)7-14(18-9)19(2)12-6-10(15)4-5-13(12)20-3/h4-7H,1-3H3. The van der Waals surface area contributed by atoms with E-state index in [-0.39, 0.29) is 0 Å². The molecule has 0 radical (unpaired) electrons. The molecule has 0 aliphatic carbocycles. The van der Waals surface area contributed by atoms with E-state index >= 15 is 0 Å². The minimum Gasteiger partial charge on any atom is -0.495 e. The number of hydrogen-bond acceptors (Lipinski definition) is 5. The minimum absolute atomic E-state index is 0.341. The maximum atomic E-state index is 8.99. The summed E-state index contributed by atoms with van der Waals surface area (Å²) in [6, 6.07) is 9.39. The summed E-state index contributed by atoms with van der Waals surface area (Å²) in [5.74, 6) is 1.93. The maximum Gasteiger partial charge on any atom is 0.146 e. The van der Waals surface area contributed by atoms with Crippen molar-refractivity contribution in [2.45, 2.75) is 6.92 Å². The predicted molar refractivity (Wildman–Crippen MR) is 80.2 cm³/mol. The summed E-state index contributed by atoms with van der Waals surface area (Å²) < 4.78 is 6.30. The van der Waals surface area contributed by atoms with E-state index in [2.05, 4.69) is 25.9 Å². The topological polar surface area (TPSA) is 62.0 Å². The second kappa shape index (κ2) is 5.88. The van der Waals surface area contributed by atoms with Gasteiger partial charge in [-0.25, -0.2) is 9.97 Å². The zero-order valence-corrected chi connectivity index (χ0v) is 13.0. The summed E-state index contributed by atoms with van der Waals surface area (Å²) in [6.45, 7) is 1.76. The molecule has 1 aromatic carbocycles. The first-order valence-corrected chi connectivity index (χ1v) is 6.67. The molecule has 0 saturated heterocycles. The van der Waals surface area contributed by atoms with Crippen LogP contribution in [0.15, 0.2) is 28.7 Å². The summed E-state index contributed by atoms with van der Waals surface area (Å²) in [4.78, 5) is 10.3. The number of nitrogens with zero attached hydrogens (tertiary/aromatic N) is 4. The van der Waals surface area contributed by atoms with Crippen LogP contribution in [0.3, 0.4) is 0 Å². The summed E-state index contributed by atoms with van der Waals surface area (Å²) in [7, 11) is 3.49. The van der Waals surface area contributed by atoms with Crippen LogP contribution >= 0.6 is 15.9 Å². The number of benzene rings is 1. The summed E-state index contributed by atoms with van der Waals surface area (Å²) in [5, 5.41) is 8.99. The van der Waals surface area contributed by atoms with Crippen LogP contribution in [-0.2, 0) is 0 Å². The molecule has 0 atom stereocenters. The van der Waals surface area contributed by atoms with Crippen LogP contribution in [0.5, 0.6) is 5.75 Å². The highest BCUT2D eigenvalue weighted by molar-refractivity contribution is 9.10. The molecule has 0 amide bonds. The SMILES string of the molecule is COc1ccc(Br)cc1N(C)c1cc(C#N)nc(C)n1. The van der Waals surface area contributed by atoms with E-state index in [0.717, 1.165) is 15.9 Å². The Morgan fingerprint density at radius 1 is 1.30 bits per heavy atom. The van der Waals surface area contributed by atoms with Crippen molar-refractivity contribution < 1.29 is 4.74 Å². The Kier molecular flexibility index (Phi) is 4.20. The largest absolute Gasteiger partial charge is 0.495 e. The Morgan fingerprint density at radius 3 is 2.70 bits per heavy atom. The number of aryl methyl sites for hydroxylation is 1. The number of aromatic nitrogens is 2. The molecule has 102 valence electrons. The number of ether oxygens (including phenoxy) is 1. The summed E-state index contributed by atoms with van der Waals surface area (Å²) >= 11 is 3.44. The number of anilines is 2. The van der Waals surface area contributed by atoms with Gasteiger partial charge in [-0.05, 0) is 25.1 Å². The van der Waals surface area contributed by atoms with Gasteiger partial charge in [0.05, 0.1) is 12.8 Å². The van der Waals surface area contributed by atoms with E-state index in [1.54, 1.807) is 20.1 Å². The molecular weight excluding hydrogens is 320 g/mol. The molecule has 0 fully saturated rings. The van der Waals surface area contributed by atoms with Gasteiger partial charge in [0.25, 0.3) is 0 Å². The van der Waals surface area contributed by atoms with Gasteiger partial charge in [-0.3, -0.25) is 0 Å². The molecule has 0 N–H and O–H groups in total. The van der Waals surface area contributed by atoms with Crippen molar-refractivity contribution in [3.8, 4) is 11.8 Å². The first-order chi connectivity index (χ1) is 9.55. The predicted octanol–water partition coefficient (Wildman–Crippen LogP) is 3.20. The molecule has 0 bridgehead atoms. The normalized spacial score (nSPS) is 9.95. The highest BCUT2D eigenvalue weighted by Gasteiger charge is 2.13. The fraction of sp³-hybridized carbons (Fsp3) is 0.214. The molecule has 0 aliphatic rings. The number of hydrogen-bond donors (Lipinski definition) is 0. The molecule has 0 spiro atoms. The first kappa shape index (κ1) is 14.3. The Bertz CT molecular complexity index is 681. The Balaban J connectivity index is 2.51. The Morgan fingerprint density at radius 2 is 2.05 bits per heavy atom. The molecule has 0 saturated carbocycles. The second-order valence-electron chi connectivity index (χ2n) is 4.15. The van der Waals surface area contributed by atoms with Crippen LogP contribution in [0.4, 0.5) is 11.5 Å². The molecule has 1 heterocycles. The molecule has 2 aromatic rings. The van der Waals surface area contributed by atoms with Gasteiger partial charge in [0.15, 0.2) is 0 Å². The third-order valence-electron chi connectivity index (χ3n) is 2.78. The molecule has 2 rings (SSSR count). The van der Waals surface area contributed by atoms with Crippen LogP contribution in [0.1, 0.15) is 11.5 Å². The first-order valence-electron chi connectivity index (χ1n) is 5.88. The molecule has 6 heteroatoms. The lowest BCUT2D eigenvalue weighted by atomic mass is 10.2. The summed E-state index contributed by atoms with van der Waals surface area (Å²) in [5.41, 5.74) is 1.19. The van der Waals surface area contributed by atoms with E-state index in [1.165, 1.54) is 0 Å². The van der Waals surface area contributed by atoms with E-state index in [0.29, 0.717) is 17.3 Å². The van der Waals surface area contributed by atoms with Crippen molar-refractivity contribution in [1.82, 2.24) is 9.97 Å². The van der Waals surface area contributed by atoms with Crippen LogP contribution in [0, 0.1) is 18.3 Å². The second-order valence-corrected chi connectivity index (χ2v) is 5.06. The third kappa shape index (κ3) is 2.89. The van der Waals surface area contributed by atoms with Crippen molar-refractivity contribution in [3.63, 3.8) is 0 Å². The smallest absolute Gasteiger partial charge is 0.146 e. The van der Waals surface area contributed by atoms with Crippen LogP contribution in [0.25, 0.3) is 0 Å². The lowest BCUT2D eigenvalue weighted by Gasteiger charge is -2.21. The fourth-order valence-corrected chi connectivity index (χ4v) is 2.18. The van der Waals surface area contributed by atoms with Crippen LogP contribution in [-0.4, -0.2) is 24.1 Å². The van der Waals surface area contributed by atoms with E-state index in [1.807, 2.05) is 36.2 Å². The van der Waals surface area contributed by atoms with E-state index in [4.69, 9.17) is 10.00 Å². The van der Waals surface area contributed by atoms with Crippen LogP contribution in [0.2, 0.25) is 0 Å². The number of rotatable bonds is 3. The van der Waals surface area contributed by atoms with Crippen molar-refractivity contribution in [2.75, 3.05) is 19.1 Å². The lowest BCUT2D eigenvalue weighted by Crippen LogP contribution is -2.13. The van der Waals surface area contributed by atoms with Gasteiger partial charge in [0.2, 0.25) is 0 Å². The van der Waals surface area contributed by atoms with Gasteiger partial charge < -0.3 is 9.64 Å². The molecule has 0 unspecified atom stereocenters. The average Bonchev–Trinajstić information content (AvgIpc) is 2.45. The van der Waals surface area contributed by atoms with E-state index < -0.39 is 0 Å². The van der Waals surface area contributed by atoms with Crippen molar-refractivity contribution in [3.05, 3.63) is 40.3 Å². The zero-order valence-electron chi connectivity index (χ0n) is 11.4. The number of methoxy groups -OCH3 is 1. The van der Waals surface area contributed by atoms with E-state index in [9.17, 15) is 0 Å². The van der Waals surface area contributed by atoms with Crippen molar-refractivity contribution in [1.29, 1.82) is 5.26 Å². The molecular formula is C14H13BrN4O. The molecule has 0 aliphatic heterocycles. The number of nitriles is 1. The average molecular weight is 333 g/mol. The fourth-order valence-electron chi connectivity index (χ4n) is 1.83. The van der Waals surface area contributed by atoms with Gasteiger partial charge in [-0.1, -0.05) is 15.9 Å². The quantitative estimate of drug-likeness (QED) is 0.863. The zero-order chi connectivity index (χ0) is 14.7. The Labute approximate surface area is 126 Å². The highest BCUT2D eigenvalue weighted by Crippen LogP contribution is 2.34. The van der Waals surface area contributed by atoms with Crippen molar-refractivity contribution >= 4 is 27.4 Å². The van der Waals surface area contributed by atoms with Gasteiger partial charge in [0, 0.05) is 17.6 Å². The van der Waals surface area contributed by atoms with Crippen molar-refractivity contribution in [2.24, 2.45) is 0 Å². The van der Waals surface area contributed by atoms with Gasteiger partial charge >= 0.3 is 0 Å². The van der Waals surface area contributed by atoms with Gasteiger partial charge in [-0.2, -0.15) is 5.26 Å². The molecule has 1 aromatic heterocycles. The minimum atomic E-state index is 0.341. The Hall–Kier alpha value is -2.13. The molecule has 5 nitrogen and oxygen atoms in total. The highest BCUT2D eigenvalue weighted by atomic mass is 79.9. The lowest BCUT2D eigenvalue weighted by molar-refractivity contribution is 0.415. The van der Waals surface area contributed by atoms with Crippen LogP contribution < -0.4 is 9.64 Å². The monoisotopic (exact) mass is 332 g/mol. The third-order valence-corrected chi connectivity index (χ3v) is 3.28. The van der Waals surface area contributed by atoms with Gasteiger partial charge in [-0.15, -0.1) is 0 Å². The number of halogens is 1. The van der Waals surface area contributed by atoms with Gasteiger partial charge in [0.1, 0.15) is 29.2 Å². The maximum absolute atomic E-state index is 8.99. The summed E-state index contributed by atoms with van der Waals surface area (Å²) in [6.07, 6.45) is 0. The molecule has 20 heavy (non-hydrogen) atoms.